The van der Waals surface area contributed by atoms with Gasteiger partial charge in [-0.3, -0.25) is 4.68 Å². The summed E-state index contributed by atoms with van der Waals surface area (Å²) < 4.78 is 1.90. The highest BCUT2D eigenvalue weighted by Crippen LogP contribution is 2.38. The minimum atomic E-state index is -0.412. The Morgan fingerprint density at radius 3 is 3.00 bits per heavy atom. The van der Waals surface area contributed by atoms with Crippen molar-refractivity contribution < 1.29 is 5.11 Å². The number of aromatic nitrogens is 2. The molecule has 1 aromatic rings. The zero-order chi connectivity index (χ0) is 11.6. The molecular weight excluding hydrogens is 200 g/mol. The molecule has 0 bridgehead atoms. The number of aryl methyl sites for hydroxylation is 2. The number of hydrogen-bond acceptors (Lipinski definition) is 2. The standard InChI is InChI=1S/C13H22N2O/c1-3-11-4-7-13(16,10-11)8-5-12-6-9-14-15(12)2/h6,9,11,16H,3-5,7-8,10H2,1-2H3. The second-order valence-corrected chi connectivity index (χ2v) is 5.19. The summed E-state index contributed by atoms with van der Waals surface area (Å²) in [5, 5.41) is 14.6. The van der Waals surface area contributed by atoms with Gasteiger partial charge in [-0.2, -0.15) is 5.10 Å². The molecular formula is C13H22N2O. The fraction of sp³-hybridized carbons (Fsp3) is 0.769. The van der Waals surface area contributed by atoms with Gasteiger partial charge in [0.1, 0.15) is 0 Å². The van der Waals surface area contributed by atoms with Gasteiger partial charge >= 0.3 is 0 Å². The molecule has 1 fully saturated rings. The van der Waals surface area contributed by atoms with E-state index in [1.54, 1.807) is 0 Å². The third kappa shape index (κ3) is 2.46. The summed E-state index contributed by atoms with van der Waals surface area (Å²) >= 11 is 0. The minimum absolute atomic E-state index is 0.412. The van der Waals surface area contributed by atoms with Crippen molar-refractivity contribution in [1.29, 1.82) is 0 Å². The lowest BCUT2D eigenvalue weighted by atomic mass is 9.93. The van der Waals surface area contributed by atoms with Crippen molar-refractivity contribution in [3.63, 3.8) is 0 Å². The number of aliphatic hydroxyl groups is 1. The van der Waals surface area contributed by atoms with Gasteiger partial charge in [0, 0.05) is 18.9 Å². The largest absolute Gasteiger partial charge is 0.390 e. The lowest BCUT2D eigenvalue weighted by Gasteiger charge is -2.22. The highest BCUT2D eigenvalue weighted by Gasteiger charge is 2.35. The van der Waals surface area contributed by atoms with Gasteiger partial charge in [-0.05, 0) is 44.1 Å². The molecule has 0 aliphatic heterocycles. The molecule has 0 amide bonds. The molecule has 1 saturated carbocycles. The first kappa shape index (κ1) is 11.6. The van der Waals surface area contributed by atoms with Crippen molar-refractivity contribution in [2.75, 3.05) is 0 Å². The normalized spacial score (nSPS) is 29.8. The van der Waals surface area contributed by atoms with Crippen molar-refractivity contribution in [3.05, 3.63) is 18.0 Å². The second kappa shape index (κ2) is 4.58. The Hall–Kier alpha value is -0.830. The van der Waals surface area contributed by atoms with E-state index < -0.39 is 5.60 Å². The monoisotopic (exact) mass is 222 g/mol. The van der Waals surface area contributed by atoms with Crippen molar-refractivity contribution in [3.8, 4) is 0 Å². The molecule has 2 atom stereocenters. The van der Waals surface area contributed by atoms with Crippen LogP contribution in [0.5, 0.6) is 0 Å². The fourth-order valence-electron chi connectivity index (χ4n) is 2.80. The first-order valence-electron chi connectivity index (χ1n) is 6.32. The minimum Gasteiger partial charge on any atom is -0.390 e. The van der Waals surface area contributed by atoms with Gasteiger partial charge in [0.05, 0.1) is 5.60 Å². The lowest BCUT2D eigenvalue weighted by molar-refractivity contribution is 0.0343. The average Bonchev–Trinajstić information content (AvgIpc) is 2.83. The summed E-state index contributed by atoms with van der Waals surface area (Å²) in [6, 6.07) is 2.04. The third-order valence-corrected chi connectivity index (χ3v) is 4.03. The van der Waals surface area contributed by atoms with E-state index in [4.69, 9.17) is 0 Å². The molecule has 1 aliphatic rings. The van der Waals surface area contributed by atoms with Crippen LogP contribution in [0.2, 0.25) is 0 Å². The molecule has 0 radical (unpaired) electrons. The quantitative estimate of drug-likeness (QED) is 0.849. The summed E-state index contributed by atoms with van der Waals surface area (Å²) in [6.45, 7) is 2.22. The first-order valence-corrected chi connectivity index (χ1v) is 6.32. The van der Waals surface area contributed by atoms with Gasteiger partial charge in [-0.1, -0.05) is 13.3 Å². The highest BCUT2D eigenvalue weighted by molar-refractivity contribution is 5.02. The van der Waals surface area contributed by atoms with Crippen molar-refractivity contribution in [2.24, 2.45) is 13.0 Å². The predicted molar refractivity (Wildman–Crippen MR) is 64.1 cm³/mol. The fourth-order valence-corrected chi connectivity index (χ4v) is 2.80. The molecule has 0 aromatic carbocycles. The number of rotatable bonds is 4. The third-order valence-electron chi connectivity index (χ3n) is 4.03. The molecule has 1 N–H and O–H groups in total. The number of hydrogen-bond donors (Lipinski definition) is 1. The average molecular weight is 222 g/mol. The van der Waals surface area contributed by atoms with Gasteiger partial charge in [0.15, 0.2) is 0 Å². The van der Waals surface area contributed by atoms with E-state index >= 15 is 0 Å². The zero-order valence-corrected chi connectivity index (χ0v) is 10.3. The van der Waals surface area contributed by atoms with Crippen LogP contribution in [0.25, 0.3) is 0 Å². The van der Waals surface area contributed by atoms with E-state index in [9.17, 15) is 5.11 Å². The molecule has 1 heterocycles. The molecule has 0 saturated heterocycles. The summed E-state index contributed by atoms with van der Waals surface area (Å²) in [7, 11) is 1.96. The van der Waals surface area contributed by atoms with E-state index in [1.165, 1.54) is 18.5 Å². The van der Waals surface area contributed by atoms with E-state index in [0.29, 0.717) is 0 Å². The molecule has 2 rings (SSSR count). The molecule has 16 heavy (non-hydrogen) atoms. The summed E-state index contributed by atoms with van der Waals surface area (Å²) in [5.74, 6) is 0.733. The molecule has 0 spiro atoms. The molecule has 1 aliphatic carbocycles. The van der Waals surface area contributed by atoms with E-state index in [1.807, 2.05) is 24.0 Å². The first-order chi connectivity index (χ1) is 7.63. The topological polar surface area (TPSA) is 38.1 Å². The summed E-state index contributed by atoms with van der Waals surface area (Å²) in [6.07, 6.45) is 7.99. The van der Waals surface area contributed by atoms with Gasteiger partial charge in [-0.25, -0.2) is 0 Å². The Labute approximate surface area is 97.5 Å². The van der Waals surface area contributed by atoms with Crippen LogP contribution in [0, 0.1) is 5.92 Å². The smallest absolute Gasteiger partial charge is 0.0654 e. The van der Waals surface area contributed by atoms with Crippen LogP contribution >= 0.6 is 0 Å². The molecule has 3 nitrogen and oxygen atoms in total. The maximum atomic E-state index is 10.5. The van der Waals surface area contributed by atoms with Crippen molar-refractivity contribution in [1.82, 2.24) is 9.78 Å². The molecule has 3 heteroatoms. The van der Waals surface area contributed by atoms with Gasteiger partial charge < -0.3 is 5.11 Å². The molecule has 1 aromatic heterocycles. The maximum Gasteiger partial charge on any atom is 0.0654 e. The molecule has 90 valence electrons. The Morgan fingerprint density at radius 2 is 2.44 bits per heavy atom. The van der Waals surface area contributed by atoms with Crippen molar-refractivity contribution in [2.45, 2.75) is 51.0 Å². The van der Waals surface area contributed by atoms with E-state index in [0.717, 1.165) is 31.6 Å². The van der Waals surface area contributed by atoms with E-state index in [-0.39, 0.29) is 0 Å². The van der Waals surface area contributed by atoms with Gasteiger partial charge in [0.25, 0.3) is 0 Å². The van der Waals surface area contributed by atoms with Crippen LogP contribution in [0.4, 0.5) is 0 Å². The zero-order valence-electron chi connectivity index (χ0n) is 10.3. The Kier molecular flexibility index (Phi) is 3.33. The van der Waals surface area contributed by atoms with Crippen LogP contribution in [-0.4, -0.2) is 20.5 Å². The summed E-state index contributed by atoms with van der Waals surface area (Å²) in [5.41, 5.74) is 0.804. The summed E-state index contributed by atoms with van der Waals surface area (Å²) in [4.78, 5) is 0. The van der Waals surface area contributed by atoms with Crippen LogP contribution in [-0.2, 0) is 13.5 Å². The van der Waals surface area contributed by atoms with Crippen molar-refractivity contribution >= 4 is 0 Å². The van der Waals surface area contributed by atoms with E-state index in [2.05, 4.69) is 12.0 Å². The predicted octanol–water partition coefficient (Wildman–Crippen LogP) is 2.29. The van der Waals surface area contributed by atoms with Gasteiger partial charge in [-0.15, -0.1) is 0 Å². The number of nitrogens with zero attached hydrogens (tertiary/aromatic N) is 2. The maximum absolute atomic E-state index is 10.5. The van der Waals surface area contributed by atoms with Gasteiger partial charge in [0.2, 0.25) is 0 Å². The Morgan fingerprint density at radius 1 is 1.62 bits per heavy atom. The van der Waals surface area contributed by atoms with Crippen LogP contribution in [0.15, 0.2) is 12.3 Å². The second-order valence-electron chi connectivity index (χ2n) is 5.19. The SMILES string of the molecule is CCC1CCC(O)(CCc2ccnn2C)C1. The van der Waals surface area contributed by atoms with Crippen LogP contribution in [0.1, 0.15) is 44.7 Å². The Balaban J connectivity index is 1.88. The van der Waals surface area contributed by atoms with Crippen LogP contribution in [0.3, 0.4) is 0 Å². The van der Waals surface area contributed by atoms with Crippen LogP contribution < -0.4 is 0 Å². The molecule has 2 unspecified atom stereocenters. The lowest BCUT2D eigenvalue weighted by Crippen LogP contribution is -2.25. The highest BCUT2D eigenvalue weighted by atomic mass is 16.3. The Bertz CT molecular complexity index is 347.